The number of nitrogens with one attached hydrogen (secondary N) is 2. The molecule has 0 atom stereocenters. The summed E-state index contributed by atoms with van der Waals surface area (Å²) in [5.74, 6) is 0.179. The zero-order valence-electron chi connectivity index (χ0n) is 14.7. The van der Waals surface area contributed by atoms with Crippen LogP contribution < -0.4 is 15.6 Å². The van der Waals surface area contributed by atoms with E-state index in [9.17, 15) is 14.4 Å². The van der Waals surface area contributed by atoms with Crippen LogP contribution in [-0.2, 0) is 14.3 Å². The maximum atomic E-state index is 12.0. The minimum absolute atomic E-state index is 0.00970. The van der Waals surface area contributed by atoms with Crippen molar-refractivity contribution in [2.24, 2.45) is 0 Å². The van der Waals surface area contributed by atoms with Gasteiger partial charge in [0.1, 0.15) is 5.75 Å². The quantitative estimate of drug-likeness (QED) is 0.665. The van der Waals surface area contributed by atoms with E-state index in [1.165, 1.54) is 11.8 Å². The Morgan fingerprint density at radius 3 is 2.46 bits per heavy atom. The van der Waals surface area contributed by atoms with Crippen LogP contribution in [0.2, 0.25) is 0 Å². The van der Waals surface area contributed by atoms with Gasteiger partial charge in [0.15, 0.2) is 0 Å². The summed E-state index contributed by atoms with van der Waals surface area (Å²) >= 11 is 1.21. The smallest absolute Gasteiger partial charge is 0.269 e. The molecule has 1 aliphatic heterocycles. The first-order valence-corrected chi connectivity index (χ1v) is 9.51. The molecule has 2 N–H and O–H groups in total. The minimum Gasteiger partial charge on any atom is -0.494 e. The second-order valence-electron chi connectivity index (χ2n) is 5.45. The number of rotatable bonds is 7. The van der Waals surface area contributed by atoms with Crippen LogP contribution in [0.25, 0.3) is 0 Å². The van der Waals surface area contributed by atoms with Gasteiger partial charge in [-0.25, -0.2) is 0 Å². The molecule has 8 nitrogen and oxygen atoms in total. The van der Waals surface area contributed by atoms with Gasteiger partial charge >= 0.3 is 0 Å². The molecule has 9 heteroatoms. The second kappa shape index (κ2) is 10.7. The fraction of sp³-hybridized carbons (Fsp3) is 0.471. The predicted molar refractivity (Wildman–Crippen MR) is 97.9 cm³/mol. The molecule has 0 aromatic heterocycles. The number of carbonyl (C=O) groups excluding carboxylic acids is 3. The number of carbonyl (C=O) groups is 3. The van der Waals surface area contributed by atoms with Gasteiger partial charge in [-0.15, -0.1) is 11.8 Å². The molecule has 0 spiro atoms. The van der Waals surface area contributed by atoms with Gasteiger partial charge in [0, 0.05) is 18.7 Å². The third-order valence-electron chi connectivity index (χ3n) is 3.57. The summed E-state index contributed by atoms with van der Waals surface area (Å²) in [4.78, 5) is 37.4. The van der Waals surface area contributed by atoms with Crippen molar-refractivity contribution < 1.29 is 23.9 Å². The Balaban J connectivity index is 1.64. The van der Waals surface area contributed by atoms with Crippen LogP contribution in [0.15, 0.2) is 24.3 Å². The molecule has 0 radical (unpaired) electrons. The van der Waals surface area contributed by atoms with E-state index in [2.05, 4.69) is 10.9 Å². The van der Waals surface area contributed by atoms with Crippen molar-refractivity contribution in [2.75, 3.05) is 44.4 Å². The highest BCUT2D eigenvalue weighted by molar-refractivity contribution is 8.00. The van der Waals surface area contributed by atoms with Crippen LogP contribution in [0, 0.1) is 0 Å². The van der Waals surface area contributed by atoms with Gasteiger partial charge < -0.3 is 14.4 Å². The van der Waals surface area contributed by atoms with Crippen molar-refractivity contribution >= 4 is 29.5 Å². The maximum Gasteiger partial charge on any atom is 0.269 e. The number of hydrogen-bond acceptors (Lipinski definition) is 6. The van der Waals surface area contributed by atoms with Gasteiger partial charge in [0.25, 0.3) is 5.91 Å². The highest BCUT2D eigenvalue weighted by Crippen LogP contribution is 2.11. The van der Waals surface area contributed by atoms with Crippen LogP contribution in [-0.4, -0.2) is 67.0 Å². The summed E-state index contributed by atoms with van der Waals surface area (Å²) in [5, 5.41) is 0. The second-order valence-corrected chi connectivity index (χ2v) is 6.43. The molecular formula is C17H23N3O5S. The highest BCUT2D eigenvalue weighted by atomic mass is 32.2. The van der Waals surface area contributed by atoms with Crippen molar-refractivity contribution in [3.63, 3.8) is 0 Å². The zero-order valence-corrected chi connectivity index (χ0v) is 15.5. The summed E-state index contributed by atoms with van der Waals surface area (Å²) in [7, 11) is 0. The number of ether oxygens (including phenoxy) is 2. The molecule has 0 saturated carbocycles. The zero-order chi connectivity index (χ0) is 18.8. The topological polar surface area (TPSA) is 97.0 Å². The molecule has 26 heavy (non-hydrogen) atoms. The van der Waals surface area contributed by atoms with E-state index in [4.69, 9.17) is 9.47 Å². The summed E-state index contributed by atoms with van der Waals surface area (Å²) in [6, 6.07) is 6.60. The van der Waals surface area contributed by atoms with Crippen LogP contribution in [0.1, 0.15) is 17.3 Å². The number of morpholine rings is 1. The van der Waals surface area contributed by atoms with Gasteiger partial charge in [-0.05, 0) is 31.2 Å². The number of nitrogens with zero attached hydrogens (tertiary/aromatic N) is 1. The van der Waals surface area contributed by atoms with Crippen LogP contribution in [0.3, 0.4) is 0 Å². The summed E-state index contributed by atoms with van der Waals surface area (Å²) in [5.41, 5.74) is 5.09. The van der Waals surface area contributed by atoms with Crippen molar-refractivity contribution in [3.05, 3.63) is 29.8 Å². The number of hydrogen-bond donors (Lipinski definition) is 2. The fourth-order valence-electron chi connectivity index (χ4n) is 2.24. The Morgan fingerprint density at radius 1 is 1.12 bits per heavy atom. The van der Waals surface area contributed by atoms with Crippen molar-refractivity contribution in [1.29, 1.82) is 0 Å². The van der Waals surface area contributed by atoms with Crippen LogP contribution >= 0.6 is 11.8 Å². The Morgan fingerprint density at radius 2 is 1.81 bits per heavy atom. The highest BCUT2D eigenvalue weighted by Gasteiger charge is 2.17. The molecule has 1 aromatic carbocycles. The molecule has 1 aromatic rings. The SMILES string of the molecule is CCOc1ccc(C(=O)NNC(=O)CSCC(=O)N2CCOCC2)cc1. The molecular weight excluding hydrogens is 358 g/mol. The molecule has 1 saturated heterocycles. The maximum absolute atomic E-state index is 12.0. The van der Waals surface area contributed by atoms with Gasteiger partial charge in [0.05, 0.1) is 31.3 Å². The first-order valence-electron chi connectivity index (χ1n) is 8.35. The molecule has 1 heterocycles. The van der Waals surface area contributed by atoms with Gasteiger partial charge in [-0.3, -0.25) is 25.2 Å². The third-order valence-corrected chi connectivity index (χ3v) is 4.48. The molecule has 1 aliphatic rings. The molecule has 3 amide bonds. The van der Waals surface area contributed by atoms with Crippen molar-refractivity contribution in [3.8, 4) is 5.75 Å². The molecule has 0 bridgehead atoms. The first-order chi connectivity index (χ1) is 12.6. The Labute approximate surface area is 156 Å². The summed E-state index contributed by atoms with van der Waals surface area (Å²) in [6.07, 6.45) is 0. The molecule has 0 aliphatic carbocycles. The lowest BCUT2D eigenvalue weighted by Crippen LogP contribution is -2.43. The minimum atomic E-state index is -0.421. The number of amides is 3. The average molecular weight is 381 g/mol. The number of benzene rings is 1. The van der Waals surface area contributed by atoms with E-state index >= 15 is 0 Å². The molecule has 1 fully saturated rings. The lowest BCUT2D eigenvalue weighted by molar-refractivity contribution is -0.132. The first kappa shape index (κ1) is 20.1. The van der Waals surface area contributed by atoms with Gasteiger partial charge in [-0.1, -0.05) is 0 Å². The summed E-state index contributed by atoms with van der Waals surface area (Å²) < 4.78 is 10.5. The molecule has 2 rings (SSSR count). The van der Waals surface area contributed by atoms with Crippen LogP contribution in [0.4, 0.5) is 0 Å². The van der Waals surface area contributed by atoms with E-state index in [1.807, 2.05) is 6.92 Å². The van der Waals surface area contributed by atoms with Gasteiger partial charge in [-0.2, -0.15) is 0 Å². The lowest BCUT2D eigenvalue weighted by Gasteiger charge is -2.26. The Hall–Kier alpha value is -2.26. The standard InChI is InChI=1S/C17H23N3O5S/c1-2-25-14-5-3-13(4-6-14)17(23)19-18-15(21)11-26-12-16(22)20-7-9-24-10-8-20/h3-6H,2,7-12H2,1H3,(H,18,21)(H,19,23). The largest absolute Gasteiger partial charge is 0.494 e. The predicted octanol–water partition coefficient (Wildman–Crippen LogP) is 0.438. The van der Waals surface area contributed by atoms with Crippen molar-refractivity contribution in [2.45, 2.75) is 6.92 Å². The molecule has 0 unspecified atom stereocenters. The monoisotopic (exact) mass is 381 g/mol. The van der Waals surface area contributed by atoms with E-state index in [1.54, 1.807) is 29.2 Å². The van der Waals surface area contributed by atoms with Gasteiger partial charge in [0.2, 0.25) is 11.8 Å². The third kappa shape index (κ3) is 6.57. The van der Waals surface area contributed by atoms with E-state index in [-0.39, 0.29) is 23.3 Å². The normalized spacial score (nSPS) is 13.8. The fourth-order valence-corrected chi connectivity index (χ4v) is 2.96. The lowest BCUT2D eigenvalue weighted by atomic mass is 10.2. The number of thioether (sulfide) groups is 1. The van der Waals surface area contributed by atoms with E-state index in [0.717, 1.165) is 0 Å². The van der Waals surface area contributed by atoms with Crippen LogP contribution in [0.5, 0.6) is 5.75 Å². The average Bonchev–Trinajstić information content (AvgIpc) is 2.67. The summed E-state index contributed by atoms with van der Waals surface area (Å²) in [6.45, 7) is 4.70. The van der Waals surface area contributed by atoms with E-state index in [0.29, 0.717) is 44.2 Å². The number of hydrazine groups is 1. The molecule has 142 valence electrons. The Kier molecular flexibility index (Phi) is 8.23. The Bertz CT molecular complexity index is 617. The van der Waals surface area contributed by atoms with E-state index < -0.39 is 5.91 Å². The van der Waals surface area contributed by atoms with Crippen molar-refractivity contribution in [1.82, 2.24) is 15.8 Å².